The van der Waals surface area contributed by atoms with Gasteiger partial charge in [-0.3, -0.25) is 0 Å². The number of hydrogen-bond acceptors (Lipinski definition) is 3. The molecular formula is C11H12F2N2S. The third-order valence-electron chi connectivity index (χ3n) is 2.29. The molecule has 16 heavy (non-hydrogen) atoms. The van der Waals surface area contributed by atoms with Crippen molar-refractivity contribution in [2.75, 3.05) is 0 Å². The molecule has 0 saturated heterocycles. The third kappa shape index (κ3) is 2.54. The summed E-state index contributed by atoms with van der Waals surface area (Å²) >= 11 is 1.53. The summed E-state index contributed by atoms with van der Waals surface area (Å²) in [6, 6.07) is 6.96. The van der Waals surface area contributed by atoms with Crippen molar-refractivity contribution in [2.45, 2.75) is 25.9 Å². The van der Waals surface area contributed by atoms with Gasteiger partial charge in [-0.25, -0.2) is 13.8 Å². The Bertz CT molecular complexity index is 437. The fraction of sp³-hybridized carbons (Fsp3) is 0.364. The lowest BCUT2D eigenvalue weighted by atomic mass is 10.3. The normalized spacial score (nSPS) is 13.5. The highest BCUT2D eigenvalue weighted by Crippen LogP contribution is 2.21. The Labute approximate surface area is 96.3 Å². The number of fused-ring (bicyclic) bond motifs is 1. The molecule has 2 rings (SSSR count). The van der Waals surface area contributed by atoms with E-state index in [-0.39, 0.29) is 0 Å². The molecule has 1 unspecified atom stereocenters. The number of halogens is 2. The van der Waals surface area contributed by atoms with Gasteiger partial charge in [0.05, 0.1) is 16.3 Å². The van der Waals surface area contributed by atoms with Crippen LogP contribution in [0, 0.1) is 0 Å². The number of thiazole rings is 1. The molecule has 0 fully saturated rings. The van der Waals surface area contributed by atoms with Crippen LogP contribution in [-0.4, -0.2) is 17.5 Å². The van der Waals surface area contributed by atoms with E-state index in [1.54, 1.807) is 0 Å². The maximum absolute atomic E-state index is 12.3. The van der Waals surface area contributed by atoms with Crippen molar-refractivity contribution < 1.29 is 8.78 Å². The molecule has 0 amide bonds. The molecular weight excluding hydrogens is 230 g/mol. The summed E-state index contributed by atoms with van der Waals surface area (Å²) in [5.41, 5.74) is 0.925. The zero-order chi connectivity index (χ0) is 11.5. The molecule has 0 saturated carbocycles. The van der Waals surface area contributed by atoms with Gasteiger partial charge in [0.15, 0.2) is 0 Å². The van der Waals surface area contributed by atoms with E-state index in [0.717, 1.165) is 15.2 Å². The summed E-state index contributed by atoms with van der Waals surface area (Å²) < 4.78 is 25.6. The fourth-order valence-corrected chi connectivity index (χ4v) is 2.25. The lowest BCUT2D eigenvalue weighted by Gasteiger charge is -2.10. The molecule has 0 spiro atoms. The molecule has 1 N–H and O–H groups in total. The van der Waals surface area contributed by atoms with Crippen molar-refractivity contribution in [3.63, 3.8) is 0 Å². The van der Waals surface area contributed by atoms with Crippen LogP contribution in [0.1, 0.15) is 11.9 Å². The number of para-hydroxylation sites is 1. The molecule has 0 aliphatic rings. The van der Waals surface area contributed by atoms with Gasteiger partial charge < -0.3 is 5.32 Å². The number of rotatable bonds is 4. The van der Waals surface area contributed by atoms with Crippen LogP contribution >= 0.6 is 11.3 Å². The summed E-state index contributed by atoms with van der Waals surface area (Å²) in [5, 5.41) is 3.60. The van der Waals surface area contributed by atoms with Gasteiger partial charge in [0.1, 0.15) is 5.01 Å². The van der Waals surface area contributed by atoms with Gasteiger partial charge in [-0.15, -0.1) is 11.3 Å². The number of nitrogens with zero attached hydrogens (tertiary/aromatic N) is 1. The first-order valence-electron chi connectivity index (χ1n) is 5.03. The third-order valence-corrected chi connectivity index (χ3v) is 3.33. The molecule has 0 bridgehead atoms. The van der Waals surface area contributed by atoms with Gasteiger partial charge in [-0.1, -0.05) is 12.1 Å². The number of nitrogens with one attached hydrogen (secondary N) is 1. The average Bonchev–Trinajstić information content (AvgIpc) is 2.68. The molecule has 2 nitrogen and oxygen atoms in total. The molecule has 1 heterocycles. The predicted molar refractivity (Wildman–Crippen MR) is 61.9 cm³/mol. The largest absolute Gasteiger partial charge is 0.303 e. The van der Waals surface area contributed by atoms with Crippen LogP contribution in [0.3, 0.4) is 0 Å². The van der Waals surface area contributed by atoms with Gasteiger partial charge in [-0.05, 0) is 19.1 Å². The quantitative estimate of drug-likeness (QED) is 0.891. The summed E-state index contributed by atoms with van der Waals surface area (Å²) in [5.74, 6) is 0. The topological polar surface area (TPSA) is 24.9 Å². The standard InChI is InChI=1S/C11H12F2N2S/c1-7(11(12)13)14-6-10-15-8-4-2-3-5-9(8)16-10/h2-5,7,11,14H,6H2,1H3. The average molecular weight is 242 g/mol. The second-order valence-electron chi connectivity index (χ2n) is 3.58. The van der Waals surface area contributed by atoms with Crippen molar-refractivity contribution in [3.05, 3.63) is 29.3 Å². The van der Waals surface area contributed by atoms with Crippen LogP contribution in [0.2, 0.25) is 0 Å². The van der Waals surface area contributed by atoms with Gasteiger partial charge in [0.2, 0.25) is 0 Å². The van der Waals surface area contributed by atoms with Crippen LogP contribution in [0.25, 0.3) is 10.2 Å². The summed E-state index contributed by atoms with van der Waals surface area (Å²) in [6.45, 7) is 1.86. The van der Waals surface area contributed by atoms with E-state index in [2.05, 4.69) is 10.3 Å². The van der Waals surface area contributed by atoms with E-state index in [1.807, 2.05) is 24.3 Å². The minimum atomic E-state index is -2.34. The highest BCUT2D eigenvalue weighted by molar-refractivity contribution is 7.18. The Morgan fingerprint density at radius 2 is 2.12 bits per heavy atom. The van der Waals surface area contributed by atoms with Crippen molar-refractivity contribution in [1.29, 1.82) is 0 Å². The number of benzene rings is 1. The maximum atomic E-state index is 12.3. The molecule has 86 valence electrons. The first kappa shape index (κ1) is 11.4. The zero-order valence-electron chi connectivity index (χ0n) is 8.78. The Morgan fingerprint density at radius 3 is 2.81 bits per heavy atom. The minimum absolute atomic E-state index is 0.394. The number of alkyl halides is 2. The van der Waals surface area contributed by atoms with Crippen LogP contribution < -0.4 is 5.32 Å². The molecule has 0 aliphatic carbocycles. The lowest BCUT2D eigenvalue weighted by Crippen LogP contribution is -2.31. The van der Waals surface area contributed by atoms with E-state index in [4.69, 9.17) is 0 Å². The summed E-state index contributed by atoms with van der Waals surface area (Å²) in [6.07, 6.45) is -2.34. The van der Waals surface area contributed by atoms with Crippen LogP contribution in [0.4, 0.5) is 8.78 Å². The Balaban J connectivity index is 2.05. The van der Waals surface area contributed by atoms with Crippen LogP contribution in [0.15, 0.2) is 24.3 Å². The van der Waals surface area contributed by atoms with E-state index >= 15 is 0 Å². The van der Waals surface area contributed by atoms with Gasteiger partial charge in [0, 0.05) is 6.54 Å². The number of hydrogen-bond donors (Lipinski definition) is 1. The Hall–Kier alpha value is -1.07. The zero-order valence-corrected chi connectivity index (χ0v) is 9.60. The second kappa shape index (κ2) is 4.84. The fourth-order valence-electron chi connectivity index (χ4n) is 1.33. The van der Waals surface area contributed by atoms with Gasteiger partial charge >= 0.3 is 0 Å². The molecule has 0 radical (unpaired) electrons. The maximum Gasteiger partial charge on any atom is 0.253 e. The van der Waals surface area contributed by atoms with E-state index in [1.165, 1.54) is 18.3 Å². The van der Waals surface area contributed by atoms with Crippen molar-refractivity contribution in [2.24, 2.45) is 0 Å². The van der Waals surface area contributed by atoms with E-state index < -0.39 is 12.5 Å². The van der Waals surface area contributed by atoms with E-state index in [0.29, 0.717) is 6.54 Å². The van der Waals surface area contributed by atoms with Crippen molar-refractivity contribution in [3.8, 4) is 0 Å². The molecule has 0 aliphatic heterocycles. The van der Waals surface area contributed by atoms with Crippen molar-refractivity contribution in [1.82, 2.24) is 10.3 Å². The molecule has 5 heteroatoms. The second-order valence-corrected chi connectivity index (χ2v) is 4.69. The molecule has 2 aromatic rings. The monoisotopic (exact) mass is 242 g/mol. The lowest BCUT2D eigenvalue weighted by molar-refractivity contribution is 0.105. The SMILES string of the molecule is CC(NCc1nc2ccccc2s1)C(F)F. The first-order valence-corrected chi connectivity index (χ1v) is 5.84. The highest BCUT2D eigenvalue weighted by Gasteiger charge is 2.14. The smallest absolute Gasteiger partial charge is 0.253 e. The minimum Gasteiger partial charge on any atom is -0.303 e. The van der Waals surface area contributed by atoms with E-state index in [9.17, 15) is 8.78 Å². The molecule has 1 aromatic carbocycles. The predicted octanol–water partition coefficient (Wildman–Crippen LogP) is 3.04. The summed E-state index contributed by atoms with van der Waals surface area (Å²) in [7, 11) is 0. The van der Waals surface area contributed by atoms with Gasteiger partial charge in [-0.2, -0.15) is 0 Å². The van der Waals surface area contributed by atoms with Crippen LogP contribution in [-0.2, 0) is 6.54 Å². The van der Waals surface area contributed by atoms with Crippen molar-refractivity contribution >= 4 is 21.6 Å². The molecule has 1 aromatic heterocycles. The Kier molecular flexibility index (Phi) is 3.46. The Morgan fingerprint density at radius 1 is 1.38 bits per heavy atom. The number of aromatic nitrogens is 1. The summed E-state index contributed by atoms with van der Waals surface area (Å²) in [4.78, 5) is 4.36. The van der Waals surface area contributed by atoms with Gasteiger partial charge in [0.25, 0.3) is 6.43 Å². The van der Waals surface area contributed by atoms with Crippen LogP contribution in [0.5, 0.6) is 0 Å². The first-order chi connectivity index (χ1) is 7.66. The highest BCUT2D eigenvalue weighted by atomic mass is 32.1. The molecule has 1 atom stereocenters.